The van der Waals surface area contributed by atoms with Crippen LogP contribution >= 0.6 is 0 Å². The predicted molar refractivity (Wildman–Crippen MR) is 87.1 cm³/mol. The maximum Gasteiger partial charge on any atom is 0.220 e. The summed E-state index contributed by atoms with van der Waals surface area (Å²) in [6.07, 6.45) is 8.17. The fourth-order valence-electron chi connectivity index (χ4n) is 2.73. The smallest absolute Gasteiger partial charge is 0.220 e. The highest BCUT2D eigenvalue weighted by Crippen LogP contribution is 2.20. The molecule has 0 spiro atoms. The molecule has 1 aromatic rings. The second kappa shape index (κ2) is 7.99. The van der Waals surface area contributed by atoms with Gasteiger partial charge in [-0.25, -0.2) is 0 Å². The molecule has 0 bridgehead atoms. The van der Waals surface area contributed by atoms with Crippen molar-refractivity contribution < 1.29 is 4.79 Å². The first kappa shape index (κ1) is 15.8. The van der Waals surface area contributed by atoms with Gasteiger partial charge in [0.25, 0.3) is 0 Å². The monoisotopic (exact) mass is 286 g/mol. The second-order valence-corrected chi connectivity index (χ2v) is 6.08. The normalized spacial score (nSPS) is 18.9. The Morgan fingerprint density at radius 3 is 2.71 bits per heavy atom. The molecule has 0 saturated heterocycles. The minimum Gasteiger partial charge on any atom is -0.355 e. The summed E-state index contributed by atoms with van der Waals surface area (Å²) < 4.78 is 0. The molecule has 1 amide bonds. The van der Waals surface area contributed by atoms with Gasteiger partial charge in [0.1, 0.15) is 0 Å². The van der Waals surface area contributed by atoms with Gasteiger partial charge in [-0.1, -0.05) is 42.5 Å². The van der Waals surface area contributed by atoms with Crippen LogP contribution in [0, 0.1) is 5.92 Å². The van der Waals surface area contributed by atoms with E-state index in [-0.39, 0.29) is 5.91 Å². The van der Waals surface area contributed by atoms with E-state index in [0.717, 1.165) is 19.3 Å². The fraction of sp³-hybridized carbons (Fsp3) is 0.500. The number of hydrogen-bond acceptors (Lipinski definition) is 2. The Morgan fingerprint density at radius 1 is 1.33 bits per heavy atom. The Bertz CT molecular complexity index is 467. The summed E-state index contributed by atoms with van der Waals surface area (Å²) in [5.74, 6) is 0.614. The molecule has 2 rings (SSSR count). The highest BCUT2D eigenvalue weighted by atomic mass is 16.1. The standard InChI is InChI=1S/C18H26N2O/c1-20(2)17(12-15-8-4-3-5-9-15)14-19-18(21)13-16-10-6-7-11-16/h3-6,8-10,16-17H,7,11-14H2,1-2H3,(H,19,21). The molecule has 0 saturated carbocycles. The van der Waals surface area contributed by atoms with Crippen LogP contribution in [0.3, 0.4) is 0 Å². The Kier molecular flexibility index (Phi) is 6.00. The van der Waals surface area contributed by atoms with Crippen LogP contribution in [0.2, 0.25) is 0 Å². The SMILES string of the molecule is CN(C)C(CNC(=O)CC1C=CCC1)Cc1ccccc1. The maximum atomic E-state index is 12.0. The van der Waals surface area contributed by atoms with Crippen LogP contribution in [0.25, 0.3) is 0 Å². The lowest BCUT2D eigenvalue weighted by Gasteiger charge is -2.25. The molecule has 0 radical (unpaired) electrons. The molecule has 3 heteroatoms. The number of hydrogen-bond donors (Lipinski definition) is 1. The number of nitrogens with one attached hydrogen (secondary N) is 1. The molecule has 2 atom stereocenters. The molecule has 1 aliphatic carbocycles. The van der Waals surface area contributed by atoms with E-state index in [2.05, 4.69) is 60.7 Å². The molecule has 114 valence electrons. The highest BCUT2D eigenvalue weighted by Gasteiger charge is 2.16. The first-order valence-corrected chi connectivity index (χ1v) is 7.79. The van der Waals surface area contributed by atoms with Crippen molar-refractivity contribution in [2.45, 2.75) is 31.7 Å². The lowest BCUT2D eigenvalue weighted by atomic mass is 10.0. The molecule has 0 aromatic heterocycles. The molecule has 1 N–H and O–H groups in total. The van der Waals surface area contributed by atoms with Crippen molar-refractivity contribution in [1.29, 1.82) is 0 Å². The minimum atomic E-state index is 0.173. The quantitative estimate of drug-likeness (QED) is 0.782. The number of likely N-dealkylation sites (N-methyl/N-ethyl adjacent to an activating group) is 1. The van der Waals surface area contributed by atoms with Crippen molar-refractivity contribution in [2.24, 2.45) is 5.92 Å². The molecule has 0 fully saturated rings. The average molecular weight is 286 g/mol. The van der Waals surface area contributed by atoms with Crippen molar-refractivity contribution in [3.8, 4) is 0 Å². The lowest BCUT2D eigenvalue weighted by molar-refractivity contribution is -0.121. The molecular weight excluding hydrogens is 260 g/mol. The third-order valence-corrected chi connectivity index (χ3v) is 4.14. The zero-order valence-electron chi connectivity index (χ0n) is 13.1. The molecule has 21 heavy (non-hydrogen) atoms. The Hall–Kier alpha value is -1.61. The van der Waals surface area contributed by atoms with Gasteiger partial charge in [0.05, 0.1) is 0 Å². The summed E-state index contributed by atoms with van der Waals surface area (Å²) in [6, 6.07) is 10.8. The molecule has 3 nitrogen and oxygen atoms in total. The molecular formula is C18H26N2O. The van der Waals surface area contributed by atoms with Gasteiger partial charge in [0.15, 0.2) is 0 Å². The van der Waals surface area contributed by atoms with Gasteiger partial charge in [-0.3, -0.25) is 4.79 Å². The van der Waals surface area contributed by atoms with Gasteiger partial charge in [-0.2, -0.15) is 0 Å². The van der Waals surface area contributed by atoms with Gasteiger partial charge in [-0.05, 0) is 44.8 Å². The van der Waals surface area contributed by atoms with Crippen LogP contribution in [-0.4, -0.2) is 37.5 Å². The molecule has 1 aliphatic rings. The molecule has 2 unspecified atom stereocenters. The zero-order chi connectivity index (χ0) is 15.1. The fourth-order valence-corrected chi connectivity index (χ4v) is 2.73. The van der Waals surface area contributed by atoms with Crippen LogP contribution in [0.15, 0.2) is 42.5 Å². The van der Waals surface area contributed by atoms with Gasteiger partial charge >= 0.3 is 0 Å². The lowest BCUT2D eigenvalue weighted by Crippen LogP contribution is -2.41. The van der Waals surface area contributed by atoms with Crippen molar-refractivity contribution in [2.75, 3.05) is 20.6 Å². The third kappa shape index (κ3) is 5.35. The van der Waals surface area contributed by atoms with Gasteiger partial charge < -0.3 is 10.2 Å². The maximum absolute atomic E-state index is 12.0. The van der Waals surface area contributed by atoms with Crippen LogP contribution in [0.5, 0.6) is 0 Å². The van der Waals surface area contributed by atoms with Crippen LogP contribution in [0.1, 0.15) is 24.8 Å². The summed E-state index contributed by atoms with van der Waals surface area (Å²) in [7, 11) is 4.14. The summed E-state index contributed by atoms with van der Waals surface area (Å²) in [4.78, 5) is 14.2. The Morgan fingerprint density at radius 2 is 2.10 bits per heavy atom. The number of carbonyl (C=O) groups is 1. The highest BCUT2D eigenvalue weighted by molar-refractivity contribution is 5.76. The van der Waals surface area contributed by atoms with E-state index < -0.39 is 0 Å². The van der Waals surface area contributed by atoms with E-state index in [1.165, 1.54) is 5.56 Å². The Balaban J connectivity index is 1.79. The first-order chi connectivity index (χ1) is 10.1. The number of rotatable bonds is 7. The van der Waals surface area contributed by atoms with Crippen LogP contribution in [0.4, 0.5) is 0 Å². The number of nitrogens with zero attached hydrogens (tertiary/aromatic N) is 1. The van der Waals surface area contributed by atoms with Gasteiger partial charge in [0.2, 0.25) is 5.91 Å². The number of carbonyl (C=O) groups excluding carboxylic acids is 1. The van der Waals surface area contributed by atoms with Crippen molar-refractivity contribution in [3.05, 3.63) is 48.0 Å². The summed E-state index contributed by atoms with van der Waals surface area (Å²) in [5.41, 5.74) is 1.31. The number of amides is 1. The van der Waals surface area contributed by atoms with E-state index in [1.807, 2.05) is 6.07 Å². The van der Waals surface area contributed by atoms with E-state index in [9.17, 15) is 4.79 Å². The van der Waals surface area contributed by atoms with E-state index in [1.54, 1.807) is 0 Å². The van der Waals surface area contributed by atoms with Crippen molar-refractivity contribution in [3.63, 3.8) is 0 Å². The summed E-state index contributed by atoms with van der Waals surface area (Å²) in [5, 5.41) is 3.10. The number of benzene rings is 1. The average Bonchev–Trinajstić information content (AvgIpc) is 2.97. The van der Waals surface area contributed by atoms with Crippen LogP contribution < -0.4 is 5.32 Å². The zero-order valence-corrected chi connectivity index (χ0v) is 13.1. The number of allylic oxidation sites excluding steroid dienone is 2. The topological polar surface area (TPSA) is 32.3 Å². The van der Waals surface area contributed by atoms with E-state index in [0.29, 0.717) is 24.9 Å². The van der Waals surface area contributed by atoms with E-state index >= 15 is 0 Å². The summed E-state index contributed by atoms with van der Waals surface area (Å²) in [6.45, 7) is 0.706. The summed E-state index contributed by atoms with van der Waals surface area (Å²) >= 11 is 0. The van der Waals surface area contributed by atoms with Crippen molar-refractivity contribution >= 4 is 5.91 Å². The molecule has 0 heterocycles. The second-order valence-electron chi connectivity index (χ2n) is 6.08. The minimum absolute atomic E-state index is 0.173. The van der Waals surface area contributed by atoms with Crippen molar-refractivity contribution in [1.82, 2.24) is 10.2 Å². The molecule has 0 aliphatic heterocycles. The Labute approximate surface area is 128 Å². The van der Waals surface area contributed by atoms with Gasteiger partial charge in [-0.15, -0.1) is 0 Å². The first-order valence-electron chi connectivity index (χ1n) is 7.79. The van der Waals surface area contributed by atoms with Gasteiger partial charge in [0, 0.05) is 19.0 Å². The third-order valence-electron chi connectivity index (χ3n) is 4.14. The predicted octanol–water partition coefficient (Wildman–Crippen LogP) is 2.63. The van der Waals surface area contributed by atoms with E-state index in [4.69, 9.17) is 0 Å². The van der Waals surface area contributed by atoms with Crippen LogP contribution in [-0.2, 0) is 11.2 Å². The largest absolute Gasteiger partial charge is 0.355 e. The molecule has 1 aromatic carbocycles.